The number of aliphatic hydroxyl groups excluding tert-OH is 2. The van der Waals surface area contributed by atoms with Gasteiger partial charge in [0.15, 0.2) is 0 Å². The fourth-order valence-electron chi connectivity index (χ4n) is 11.4. The average molecular weight is 1120 g/mol. The summed E-state index contributed by atoms with van der Waals surface area (Å²) in [5, 5.41) is 23.4. The third-order valence-electron chi connectivity index (χ3n) is 16.9. The van der Waals surface area contributed by atoms with Gasteiger partial charge in [0.05, 0.1) is 25.4 Å². The van der Waals surface area contributed by atoms with Crippen molar-refractivity contribution >= 4 is 11.9 Å². The zero-order valence-corrected chi connectivity index (χ0v) is 54.1. The van der Waals surface area contributed by atoms with Crippen molar-refractivity contribution < 1.29 is 24.5 Å². The Hall–Kier alpha value is -1.92. The summed E-state index contributed by atoms with van der Waals surface area (Å²) in [5.41, 5.74) is 0. The van der Waals surface area contributed by atoms with Gasteiger partial charge in [0, 0.05) is 12.8 Å². The van der Waals surface area contributed by atoms with Crippen LogP contribution in [0.1, 0.15) is 399 Å². The summed E-state index contributed by atoms with van der Waals surface area (Å²) in [6.07, 6.45) is 89.2. The van der Waals surface area contributed by atoms with Crippen molar-refractivity contribution in [1.82, 2.24) is 5.32 Å². The SMILES string of the molecule is CCC/C=C\C/C=C\CCCCCCCC(=O)OCCCCCCCCCCCCCC/C=C\CCCCCCCCCCCCCCCC(=O)NC(CO)C(O)CCCCCCCCCCCCCCCCCCCCCCC. The maximum Gasteiger partial charge on any atom is 0.305 e. The topological polar surface area (TPSA) is 95.9 Å². The molecule has 6 nitrogen and oxygen atoms in total. The van der Waals surface area contributed by atoms with Crippen molar-refractivity contribution in [3.63, 3.8) is 0 Å². The van der Waals surface area contributed by atoms with Gasteiger partial charge < -0.3 is 20.3 Å². The van der Waals surface area contributed by atoms with Gasteiger partial charge in [0.1, 0.15) is 0 Å². The van der Waals surface area contributed by atoms with E-state index in [1.807, 2.05) is 0 Å². The Labute approximate surface area is 500 Å². The second-order valence-electron chi connectivity index (χ2n) is 24.9. The summed E-state index contributed by atoms with van der Waals surface area (Å²) in [7, 11) is 0. The minimum absolute atomic E-state index is 0.00155. The lowest BCUT2D eigenvalue weighted by atomic mass is 10.0. The molecule has 0 rings (SSSR count). The molecule has 0 aliphatic heterocycles. The van der Waals surface area contributed by atoms with E-state index in [0.29, 0.717) is 25.9 Å². The van der Waals surface area contributed by atoms with Crippen molar-refractivity contribution in [2.75, 3.05) is 13.2 Å². The Morgan fingerprint density at radius 2 is 0.650 bits per heavy atom. The summed E-state index contributed by atoms with van der Waals surface area (Å²) in [5.74, 6) is -0.0284. The molecule has 3 N–H and O–H groups in total. The van der Waals surface area contributed by atoms with E-state index in [0.717, 1.165) is 51.4 Å². The summed E-state index contributed by atoms with van der Waals surface area (Å²) in [6.45, 7) is 4.92. The first-order chi connectivity index (χ1) is 39.5. The van der Waals surface area contributed by atoms with Crippen LogP contribution in [0, 0.1) is 0 Å². The highest BCUT2D eigenvalue weighted by atomic mass is 16.5. The van der Waals surface area contributed by atoms with E-state index in [9.17, 15) is 19.8 Å². The lowest BCUT2D eigenvalue weighted by molar-refractivity contribution is -0.143. The van der Waals surface area contributed by atoms with Crippen LogP contribution in [0.15, 0.2) is 36.5 Å². The number of carbonyl (C=O) groups is 2. The van der Waals surface area contributed by atoms with Gasteiger partial charge in [-0.05, 0) is 77.0 Å². The van der Waals surface area contributed by atoms with E-state index in [1.165, 1.54) is 315 Å². The first-order valence-corrected chi connectivity index (χ1v) is 36.2. The maximum absolute atomic E-state index is 12.6. The normalized spacial score (nSPS) is 12.7. The van der Waals surface area contributed by atoms with Crippen molar-refractivity contribution in [2.24, 2.45) is 0 Å². The molecule has 472 valence electrons. The van der Waals surface area contributed by atoms with E-state index in [4.69, 9.17) is 4.74 Å². The van der Waals surface area contributed by atoms with Crippen LogP contribution < -0.4 is 5.32 Å². The summed E-state index contributed by atoms with van der Waals surface area (Å²) in [4.78, 5) is 24.6. The van der Waals surface area contributed by atoms with Crippen LogP contribution in [-0.4, -0.2) is 47.4 Å². The maximum atomic E-state index is 12.6. The van der Waals surface area contributed by atoms with E-state index in [1.54, 1.807) is 0 Å². The molecule has 0 aromatic heterocycles. The van der Waals surface area contributed by atoms with Crippen LogP contribution in [-0.2, 0) is 14.3 Å². The van der Waals surface area contributed by atoms with Gasteiger partial charge in [-0.15, -0.1) is 0 Å². The van der Waals surface area contributed by atoms with Crippen molar-refractivity contribution in [2.45, 2.75) is 411 Å². The quantitative estimate of drug-likeness (QED) is 0.0320. The number of allylic oxidation sites excluding steroid dienone is 6. The zero-order chi connectivity index (χ0) is 57.8. The minimum atomic E-state index is -0.665. The number of aliphatic hydroxyl groups is 2. The average Bonchev–Trinajstić information content (AvgIpc) is 3.46. The number of hydrogen-bond acceptors (Lipinski definition) is 5. The molecule has 0 aromatic carbocycles. The molecule has 0 aliphatic carbocycles. The molecule has 0 fully saturated rings. The summed E-state index contributed by atoms with van der Waals surface area (Å²) in [6, 6.07) is -0.542. The number of ether oxygens (including phenoxy) is 1. The molecule has 2 atom stereocenters. The second-order valence-corrected chi connectivity index (χ2v) is 24.9. The molecule has 6 heteroatoms. The Balaban J connectivity index is 3.38. The molecule has 1 amide bonds. The molecule has 0 spiro atoms. The van der Waals surface area contributed by atoms with E-state index in [2.05, 4.69) is 55.6 Å². The first-order valence-electron chi connectivity index (χ1n) is 36.2. The van der Waals surface area contributed by atoms with Gasteiger partial charge in [-0.1, -0.05) is 346 Å². The van der Waals surface area contributed by atoms with Crippen molar-refractivity contribution in [3.8, 4) is 0 Å². The Kier molecular flexibility index (Phi) is 67.9. The molecule has 0 aliphatic rings. The molecule has 2 unspecified atom stereocenters. The minimum Gasteiger partial charge on any atom is -0.466 e. The molecule has 0 saturated carbocycles. The molecule has 0 bridgehead atoms. The van der Waals surface area contributed by atoms with Gasteiger partial charge in [0.25, 0.3) is 0 Å². The highest BCUT2D eigenvalue weighted by Crippen LogP contribution is 2.19. The summed E-state index contributed by atoms with van der Waals surface area (Å²) < 4.78 is 5.48. The number of rotatable bonds is 68. The second kappa shape index (κ2) is 69.6. The zero-order valence-electron chi connectivity index (χ0n) is 54.1. The van der Waals surface area contributed by atoms with Crippen LogP contribution >= 0.6 is 0 Å². The fraction of sp³-hybridized carbons (Fsp3) is 0.892. The third-order valence-corrected chi connectivity index (χ3v) is 16.9. The van der Waals surface area contributed by atoms with Crippen LogP contribution in [0.3, 0.4) is 0 Å². The third kappa shape index (κ3) is 65.2. The molecule has 0 heterocycles. The lowest BCUT2D eigenvalue weighted by Gasteiger charge is -2.22. The molecule has 80 heavy (non-hydrogen) atoms. The van der Waals surface area contributed by atoms with E-state index in [-0.39, 0.29) is 18.5 Å². The number of carbonyl (C=O) groups excluding carboxylic acids is 2. The fourth-order valence-corrected chi connectivity index (χ4v) is 11.4. The largest absolute Gasteiger partial charge is 0.466 e. The smallest absolute Gasteiger partial charge is 0.305 e. The van der Waals surface area contributed by atoms with Crippen LogP contribution in [0.2, 0.25) is 0 Å². The predicted octanol–water partition coefficient (Wildman–Crippen LogP) is 23.5. The number of amides is 1. The summed E-state index contributed by atoms with van der Waals surface area (Å²) >= 11 is 0. The molecule has 0 aromatic rings. The molecule has 0 saturated heterocycles. The number of esters is 1. The standard InChI is InChI=1S/C74H141NO5/c1-3-5-7-9-11-13-15-17-18-19-20-30-33-36-39-43-46-50-54-58-62-66-72(77)71(70-76)75-73(78)67-63-59-55-51-47-44-40-37-34-31-28-26-24-22-21-23-25-27-29-32-35-38-41-45-49-53-57-61-65-69-80-74(79)68-64-60-56-52-48-42-16-14-12-10-8-6-4-2/h8,10,14,16,21,23,71-72,76-77H,3-7,9,11-13,15,17-20,22,24-70H2,1-2H3,(H,75,78)/b10-8-,16-14-,23-21-. The van der Waals surface area contributed by atoms with E-state index < -0.39 is 12.1 Å². The number of hydrogen-bond donors (Lipinski definition) is 3. The first kappa shape index (κ1) is 78.1. The van der Waals surface area contributed by atoms with E-state index >= 15 is 0 Å². The monoisotopic (exact) mass is 1120 g/mol. The Bertz CT molecular complexity index is 1300. The lowest BCUT2D eigenvalue weighted by Crippen LogP contribution is -2.45. The number of unbranched alkanes of at least 4 members (excludes halogenated alkanes) is 51. The molecular weight excluding hydrogens is 983 g/mol. The van der Waals surface area contributed by atoms with Crippen molar-refractivity contribution in [3.05, 3.63) is 36.5 Å². The van der Waals surface area contributed by atoms with Gasteiger partial charge in [-0.2, -0.15) is 0 Å². The molecular formula is C74H141NO5. The Morgan fingerprint density at radius 3 is 1.01 bits per heavy atom. The van der Waals surface area contributed by atoms with Gasteiger partial charge in [-0.25, -0.2) is 0 Å². The van der Waals surface area contributed by atoms with Crippen LogP contribution in [0.4, 0.5) is 0 Å². The molecule has 0 radical (unpaired) electrons. The van der Waals surface area contributed by atoms with Gasteiger partial charge in [-0.3, -0.25) is 9.59 Å². The highest BCUT2D eigenvalue weighted by Gasteiger charge is 2.20. The highest BCUT2D eigenvalue weighted by molar-refractivity contribution is 5.76. The van der Waals surface area contributed by atoms with Crippen LogP contribution in [0.5, 0.6) is 0 Å². The van der Waals surface area contributed by atoms with Gasteiger partial charge in [0.2, 0.25) is 5.91 Å². The predicted molar refractivity (Wildman–Crippen MR) is 352 cm³/mol. The van der Waals surface area contributed by atoms with Crippen molar-refractivity contribution in [1.29, 1.82) is 0 Å². The van der Waals surface area contributed by atoms with Gasteiger partial charge >= 0.3 is 5.97 Å². The Morgan fingerprint density at radius 1 is 0.350 bits per heavy atom. The van der Waals surface area contributed by atoms with Crippen LogP contribution in [0.25, 0.3) is 0 Å². The number of nitrogens with one attached hydrogen (secondary N) is 1.